The summed E-state index contributed by atoms with van der Waals surface area (Å²) < 4.78 is 10.3. The highest BCUT2D eigenvalue weighted by Gasteiger charge is 2.17. The Hall–Kier alpha value is -0.710. The summed E-state index contributed by atoms with van der Waals surface area (Å²) in [6, 6.07) is 0. The van der Waals surface area contributed by atoms with E-state index in [0.717, 1.165) is 0 Å². The number of thioether (sulfide) groups is 1. The average Bonchev–Trinajstić information content (AvgIpc) is 2.06. The third-order valence-electron chi connectivity index (χ3n) is 1.51. The Morgan fingerprint density at radius 1 is 0.889 bits per heavy atom. The van der Waals surface area contributed by atoms with Crippen molar-refractivity contribution >= 4 is 23.7 Å². The van der Waals surface area contributed by atoms with E-state index in [1.807, 2.05) is 41.5 Å². The summed E-state index contributed by atoms with van der Waals surface area (Å²) in [5, 5.41) is 0. The molecule has 0 aromatic rings. The van der Waals surface area contributed by atoms with Crippen molar-refractivity contribution in [1.82, 2.24) is 0 Å². The predicted molar refractivity (Wildman–Crippen MR) is 73.6 cm³/mol. The van der Waals surface area contributed by atoms with Crippen LogP contribution >= 0.6 is 11.8 Å². The van der Waals surface area contributed by atoms with Gasteiger partial charge < -0.3 is 9.47 Å². The molecule has 0 aliphatic heterocycles. The van der Waals surface area contributed by atoms with Crippen LogP contribution < -0.4 is 0 Å². The summed E-state index contributed by atoms with van der Waals surface area (Å²) >= 11 is 1.38. The van der Waals surface area contributed by atoms with Gasteiger partial charge in [-0.25, -0.2) is 0 Å². The van der Waals surface area contributed by atoms with Crippen LogP contribution in [-0.2, 0) is 19.1 Å². The molecule has 0 radical (unpaired) electrons. The minimum absolute atomic E-state index is 0.237. The van der Waals surface area contributed by atoms with E-state index in [2.05, 4.69) is 0 Å². The van der Waals surface area contributed by atoms with Crippen LogP contribution in [0.1, 0.15) is 48.0 Å². The van der Waals surface area contributed by atoms with Gasteiger partial charge in [0.1, 0.15) is 11.2 Å². The lowest BCUT2D eigenvalue weighted by Crippen LogP contribution is -2.25. The van der Waals surface area contributed by atoms with E-state index in [0.29, 0.717) is 12.2 Å². The number of esters is 2. The molecule has 0 rings (SSSR count). The number of hydrogen-bond donors (Lipinski definition) is 0. The first-order chi connectivity index (χ1) is 7.99. The van der Waals surface area contributed by atoms with Crippen molar-refractivity contribution in [3.63, 3.8) is 0 Å². The molecule has 5 heteroatoms. The Morgan fingerprint density at radius 2 is 1.33 bits per heavy atom. The average molecular weight is 276 g/mol. The van der Waals surface area contributed by atoms with Crippen molar-refractivity contribution in [2.75, 3.05) is 11.5 Å². The predicted octanol–water partition coefficient (Wildman–Crippen LogP) is 2.79. The fourth-order valence-electron chi connectivity index (χ4n) is 1.07. The molecule has 0 amide bonds. The molecule has 0 saturated heterocycles. The highest BCUT2D eigenvalue weighted by Crippen LogP contribution is 2.12. The van der Waals surface area contributed by atoms with Crippen LogP contribution in [0, 0.1) is 0 Å². The summed E-state index contributed by atoms with van der Waals surface area (Å²) in [6.45, 7) is 11.0. The Morgan fingerprint density at radius 3 is 1.78 bits per heavy atom. The van der Waals surface area contributed by atoms with Crippen LogP contribution in [-0.4, -0.2) is 34.6 Å². The minimum atomic E-state index is -0.456. The first-order valence-electron chi connectivity index (χ1n) is 6.01. The number of rotatable bonds is 5. The molecule has 0 aromatic carbocycles. The Kier molecular flexibility index (Phi) is 6.74. The first kappa shape index (κ1) is 17.3. The quantitative estimate of drug-likeness (QED) is 0.571. The summed E-state index contributed by atoms with van der Waals surface area (Å²) in [6.07, 6.45) is 0.310. The van der Waals surface area contributed by atoms with E-state index in [1.54, 1.807) is 0 Å². The summed E-state index contributed by atoms with van der Waals surface area (Å²) in [5.74, 6) is 0.338. The van der Waals surface area contributed by atoms with Crippen LogP contribution in [0.4, 0.5) is 0 Å². The molecular weight excluding hydrogens is 252 g/mol. The number of ether oxygens (including phenoxy) is 2. The zero-order valence-electron chi connectivity index (χ0n) is 12.2. The maximum Gasteiger partial charge on any atom is 0.316 e. The minimum Gasteiger partial charge on any atom is -0.460 e. The van der Waals surface area contributed by atoms with Gasteiger partial charge in [0.2, 0.25) is 0 Å². The smallest absolute Gasteiger partial charge is 0.316 e. The molecule has 0 saturated carbocycles. The second-order valence-corrected chi connectivity index (χ2v) is 7.08. The highest BCUT2D eigenvalue weighted by atomic mass is 32.2. The molecule has 0 bridgehead atoms. The van der Waals surface area contributed by atoms with E-state index in [1.165, 1.54) is 11.8 Å². The molecule has 0 spiro atoms. The van der Waals surface area contributed by atoms with Gasteiger partial charge in [-0.05, 0) is 41.5 Å². The first-order valence-corrected chi connectivity index (χ1v) is 7.16. The van der Waals surface area contributed by atoms with Gasteiger partial charge in [-0.15, -0.1) is 11.8 Å². The second-order valence-electron chi connectivity index (χ2n) is 5.98. The molecular formula is C13H24O4S. The zero-order valence-corrected chi connectivity index (χ0v) is 13.0. The van der Waals surface area contributed by atoms with Gasteiger partial charge in [0.05, 0.1) is 12.2 Å². The lowest BCUT2D eigenvalue weighted by molar-refractivity contribution is -0.154. The fourth-order valence-corrected chi connectivity index (χ4v) is 1.76. The lowest BCUT2D eigenvalue weighted by Gasteiger charge is -2.20. The SMILES string of the molecule is CC(C)(C)OC(=O)CCSCC(=O)OC(C)(C)C. The summed E-state index contributed by atoms with van der Waals surface area (Å²) in [7, 11) is 0. The van der Waals surface area contributed by atoms with E-state index in [-0.39, 0.29) is 17.7 Å². The van der Waals surface area contributed by atoms with E-state index >= 15 is 0 Å². The van der Waals surface area contributed by atoms with Gasteiger partial charge in [-0.3, -0.25) is 9.59 Å². The van der Waals surface area contributed by atoms with E-state index in [4.69, 9.17) is 9.47 Å². The van der Waals surface area contributed by atoms with Crippen LogP contribution in [0.3, 0.4) is 0 Å². The van der Waals surface area contributed by atoms with Gasteiger partial charge in [0.25, 0.3) is 0 Å². The van der Waals surface area contributed by atoms with Crippen molar-refractivity contribution in [1.29, 1.82) is 0 Å². The van der Waals surface area contributed by atoms with E-state index < -0.39 is 11.2 Å². The molecule has 106 valence electrons. The van der Waals surface area contributed by atoms with Gasteiger partial charge in [-0.2, -0.15) is 0 Å². The van der Waals surface area contributed by atoms with Crippen molar-refractivity contribution in [3.8, 4) is 0 Å². The summed E-state index contributed by atoms with van der Waals surface area (Å²) in [5.41, 5.74) is -0.907. The second kappa shape index (κ2) is 7.02. The van der Waals surface area contributed by atoms with Gasteiger partial charge >= 0.3 is 11.9 Å². The molecule has 0 aliphatic carbocycles. The highest BCUT2D eigenvalue weighted by molar-refractivity contribution is 7.99. The van der Waals surface area contributed by atoms with Crippen LogP contribution in [0.5, 0.6) is 0 Å². The maximum atomic E-state index is 11.4. The number of carbonyl (C=O) groups is 2. The molecule has 0 fully saturated rings. The third kappa shape index (κ3) is 11.8. The van der Waals surface area contributed by atoms with Crippen molar-refractivity contribution in [2.24, 2.45) is 0 Å². The zero-order chi connectivity index (χ0) is 14.4. The molecule has 0 heterocycles. The Balaban J connectivity index is 3.69. The monoisotopic (exact) mass is 276 g/mol. The van der Waals surface area contributed by atoms with Crippen LogP contribution in [0.15, 0.2) is 0 Å². The molecule has 0 aromatic heterocycles. The maximum absolute atomic E-state index is 11.4. The van der Waals surface area contributed by atoms with Crippen LogP contribution in [0.25, 0.3) is 0 Å². The topological polar surface area (TPSA) is 52.6 Å². The van der Waals surface area contributed by atoms with Crippen molar-refractivity contribution in [3.05, 3.63) is 0 Å². The normalized spacial score (nSPS) is 12.1. The fraction of sp³-hybridized carbons (Fsp3) is 0.846. The van der Waals surface area contributed by atoms with Crippen molar-refractivity contribution in [2.45, 2.75) is 59.2 Å². The van der Waals surface area contributed by atoms with Gasteiger partial charge in [-0.1, -0.05) is 0 Å². The lowest BCUT2D eigenvalue weighted by atomic mass is 10.2. The standard InChI is InChI=1S/C13H24O4S/c1-12(2,3)16-10(14)7-8-18-9-11(15)17-13(4,5)6/h7-9H2,1-6H3. The van der Waals surface area contributed by atoms with Gasteiger partial charge in [0.15, 0.2) is 0 Å². The van der Waals surface area contributed by atoms with Gasteiger partial charge in [0, 0.05) is 5.75 Å². The number of hydrogen-bond acceptors (Lipinski definition) is 5. The molecule has 0 aliphatic rings. The molecule has 4 nitrogen and oxygen atoms in total. The van der Waals surface area contributed by atoms with Crippen LogP contribution in [0.2, 0.25) is 0 Å². The molecule has 0 unspecified atom stereocenters. The molecule has 0 N–H and O–H groups in total. The molecule has 0 atom stereocenters. The Bertz CT molecular complexity index is 256. The Labute approximate surface area is 114 Å². The third-order valence-corrected chi connectivity index (χ3v) is 2.44. The number of carbonyl (C=O) groups excluding carboxylic acids is 2. The van der Waals surface area contributed by atoms with Crippen molar-refractivity contribution < 1.29 is 19.1 Å². The molecule has 18 heavy (non-hydrogen) atoms. The summed E-state index contributed by atoms with van der Waals surface area (Å²) in [4.78, 5) is 22.8. The van der Waals surface area contributed by atoms with E-state index in [9.17, 15) is 9.59 Å². The largest absolute Gasteiger partial charge is 0.460 e.